The Hall–Kier alpha value is -3.87. The first-order valence-electron chi connectivity index (χ1n) is 11.1. The van der Waals surface area contributed by atoms with Crippen LogP contribution in [0, 0.1) is 12.3 Å². The van der Waals surface area contributed by atoms with Gasteiger partial charge < -0.3 is 19.7 Å². The lowest BCUT2D eigenvalue weighted by Gasteiger charge is -2.23. The Morgan fingerprint density at radius 1 is 1.23 bits per heavy atom. The molecule has 0 aliphatic carbocycles. The van der Waals surface area contributed by atoms with Crippen molar-refractivity contribution >= 4 is 68.7 Å². The number of hydrogen-bond acceptors (Lipinski definition) is 7. The molecule has 0 saturated carbocycles. The van der Waals surface area contributed by atoms with E-state index in [0.717, 1.165) is 4.90 Å². The first-order chi connectivity index (χ1) is 18.5. The molecule has 14 heteroatoms. The summed E-state index contributed by atoms with van der Waals surface area (Å²) in [6.45, 7) is 5.13. The number of nitrogens with zero attached hydrogens (tertiary/aromatic N) is 2. The molecule has 0 aliphatic rings. The Kier molecular flexibility index (Phi) is 10.1. The Bertz CT molecular complexity index is 1400. The summed E-state index contributed by atoms with van der Waals surface area (Å²) in [5.41, 5.74) is 1.25. The van der Waals surface area contributed by atoms with Crippen molar-refractivity contribution in [3.8, 4) is 17.0 Å². The normalized spacial score (nSPS) is 10.5. The van der Waals surface area contributed by atoms with Gasteiger partial charge in [0, 0.05) is 5.56 Å². The van der Waals surface area contributed by atoms with Gasteiger partial charge in [-0.05, 0) is 48.9 Å². The Morgan fingerprint density at radius 3 is 2.44 bits per heavy atom. The molecule has 3 aromatic rings. The lowest BCUT2D eigenvalue weighted by molar-refractivity contribution is -0.113. The monoisotopic (exact) mass is 637 g/mol. The van der Waals surface area contributed by atoms with Gasteiger partial charge in [-0.2, -0.15) is 0 Å². The largest absolute Gasteiger partial charge is 0.490 e. The quantitative estimate of drug-likeness (QED) is 0.101. The van der Waals surface area contributed by atoms with E-state index >= 15 is 0 Å². The fourth-order valence-corrected chi connectivity index (χ4v) is 4.20. The number of halogens is 3. The van der Waals surface area contributed by atoms with Gasteiger partial charge in [0.2, 0.25) is 11.9 Å². The SMILES string of the molecule is C=CCOc1ccc(-c2noc(C)c2C(=O)N(Cc2cc(Cl)c(NC(=O)CBr)c(Cl)c2)C(=N)NC(=O)O)cc1. The van der Waals surface area contributed by atoms with Crippen molar-refractivity contribution in [3.63, 3.8) is 0 Å². The van der Waals surface area contributed by atoms with Crippen molar-refractivity contribution in [2.24, 2.45) is 0 Å². The van der Waals surface area contributed by atoms with Crippen LogP contribution in [-0.2, 0) is 11.3 Å². The number of carboxylic acid groups (broad SMARTS) is 1. The minimum Gasteiger partial charge on any atom is -0.490 e. The molecule has 0 fully saturated rings. The summed E-state index contributed by atoms with van der Waals surface area (Å²) in [7, 11) is 0. The highest BCUT2D eigenvalue weighted by Gasteiger charge is 2.30. The molecule has 39 heavy (non-hydrogen) atoms. The number of benzene rings is 2. The van der Waals surface area contributed by atoms with Crippen molar-refractivity contribution in [2.75, 3.05) is 17.3 Å². The third-order valence-electron chi connectivity index (χ3n) is 5.14. The van der Waals surface area contributed by atoms with E-state index in [1.807, 2.05) is 5.32 Å². The molecular formula is C25H22BrCl2N5O6. The van der Waals surface area contributed by atoms with Crippen LogP contribution < -0.4 is 15.4 Å². The van der Waals surface area contributed by atoms with Gasteiger partial charge in [-0.15, -0.1) is 0 Å². The van der Waals surface area contributed by atoms with Gasteiger partial charge in [-0.3, -0.25) is 25.2 Å². The lowest BCUT2D eigenvalue weighted by Crippen LogP contribution is -2.46. The molecule has 0 radical (unpaired) electrons. The highest BCUT2D eigenvalue weighted by Crippen LogP contribution is 2.33. The molecule has 11 nitrogen and oxygen atoms in total. The number of carbonyl (C=O) groups is 3. The number of alkyl halides is 1. The predicted octanol–water partition coefficient (Wildman–Crippen LogP) is 5.70. The number of hydrogen-bond donors (Lipinski definition) is 4. The van der Waals surface area contributed by atoms with E-state index in [1.54, 1.807) is 30.3 Å². The number of carbonyl (C=O) groups excluding carboxylic acids is 2. The van der Waals surface area contributed by atoms with E-state index in [0.29, 0.717) is 23.5 Å². The molecule has 204 valence electrons. The molecule has 0 spiro atoms. The van der Waals surface area contributed by atoms with Crippen LogP contribution in [-0.4, -0.2) is 51.0 Å². The number of nitrogens with one attached hydrogen (secondary N) is 3. The second-order valence-electron chi connectivity index (χ2n) is 7.87. The van der Waals surface area contributed by atoms with Gasteiger partial charge in [-0.25, -0.2) is 4.79 Å². The van der Waals surface area contributed by atoms with E-state index in [4.69, 9.17) is 37.9 Å². The summed E-state index contributed by atoms with van der Waals surface area (Å²) in [6.07, 6.45) is 0.0622. The number of ether oxygens (including phenoxy) is 1. The molecule has 4 N–H and O–H groups in total. The standard InChI is InChI=1S/C25H22BrCl2N5O6/c1-3-8-38-16-6-4-15(5-7-16)21-20(13(2)39-32-21)23(35)33(24(29)31-25(36)37)12-14-9-17(27)22(18(28)10-14)30-19(34)11-26/h3-7,9-10H,1,8,11-12H2,2H3,(H2,29,31)(H,30,34)(H,36,37). The number of aryl methyl sites for hydroxylation is 1. The molecule has 3 amide bonds. The van der Waals surface area contributed by atoms with Gasteiger partial charge in [0.05, 0.1) is 27.6 Å². The van der Waals surface area contributed by atoms with E-state index in [9.17, 15) is 19.5 Å². The molecular weight excluding hydrogens is 617 g/mol. The molecule has 1 aromatic heterocycles. The third kappa shape index (κ3) is 7.37. The Labute approximate surface area is 241 Å². The minimum absolute atomic E-state index is 0.0186. The van der Waals surface area contributed by atoms with Crippen LogP contribution in [0.3, 0.4) is 0 Å². The van der Waals surface area contributed by atoms with E-state index in [-0.39, 0.29) is 50.5 Å². The first-order valence-corrected chi connectivity index (χ1v) is 13.0. The number of amides is 3. The van der Waals surface area contributed by atoms with Crippen molar-refractivity contribution in [1.29, 1.82) is 5.41 Å². The molecule has 2 aromatic carbocycles. The Morgan fingerprint density at radius 2 is 1.87 bits per heavy atom. The highest BCUT2D eigenvalue weighted by atomic mass is 79.9. The maximum atomic E-state index is 13.8. The zero-order valence-corrected chi connectivity index (χ0v) is 23.5. The highest BCUT2D eigenvalue weighted by molar-refractivity contribution is 9.09. The van der Waals surface area contributed by atoms with Crippen molar-refractivity contribution in [2.45, 2.75) is 13.5 Å². The van der Waals surface area contributed by atoms with Gasteiger partial charge in [0.15, 0.2) is 0 Å². The maximum Gasteiger partial charge on any atom is 0.411 e. The lowest BCUT2D eigenvalue weighted by atomic mass is 10.0. The number of anilines is 1. The van der Waals surface area contributed by atoms with Crippen LogP contribution in [0.1, 0.15) is 21.7 Å². The predicted molar refractivity (Wildman–Crippen MR) is 150 cm³/mol. The third-order valence-corrected chi connectivity index (χ3v) is 6.25. The van der Waals surface area contributed by atoms with Gasteiger partial charge in [-0.1, -0.05) is 56.9 Å². The fraction of sp³-hybridized carbons (Fsp3) is 0.160. The molecule has 0 saturated heterocycles. The summed E-state index contributed by atoms with van der Waals surface area (Å²) >= 11 is 15.7. The number of aromatic nitrogens is 1. The summed E-state index contributed by atoms with van der Waals surface area (Å²) < 4.78 is 10.8. The van der Waals surface area contributed by atoms with Crippen LogP contribution in [0.15, 0.2) is 53.6 Å². The zero-order valence-electron chi connectivity index (χ0n) is 20.4. The van der Waals surface area contributed by atoms with Crippen LogP contribution in [0.4, 0.5) is 10.5 Å². The van der Waals surface area contributed by atoms with E-state index < -0.39 is 18.0 Å². The number of rotatable bonds is 9. The summed E-state index contributed by atoms with van der Waals surface area (Å²) in [5, 5.41) is 26.1. The first kappa shape index (κ1) is 29.7. The van der Waals surface area contributed by atoms with Crippen molar-refractivity contribution in [3.05, 3.63) is 76.0 Å². The minimum atomic E-state index is -1.54. The Balaban J connectivity index is 1.99. The van der Waals surface area contributed by atoms with Crippen molar-refractivity contribution < 1.29 is 28.8 Å². The van der Waals surface area contributed by atoms with Crippen LogP contribution in [0.25, 0.3) is 11.3 Å². The molecule has 3 rings (SSSR count). The second-order valence-corrected chi connectivity index (χ2v) is 9.25. The topological polar surface area (TPSA) is 158 Å². The van der Waals surface area contributed by atoms with Gasteiger partial charge in [0.25, 0.3) is 5.91 Å². The smallest absolute Gasteiger partial charge is 0.411 e. The van der Waals surface area contributed by atoms with Crippen molar-refractivity contribution in [1.82, 2.24) is 15.4 Å². The molecule has 0 atom stereocenters. The van der Waals surface area contributed by atoms with Gasteiger partial charge >= 0.3 is 6.09 Å². The summed E-state index contributed by atoms with van der Waals surface area (Å²) in [5.74, 6) is -1.15. The average Bonchev–Trinajstić information content (AvgIpc) is 3.28. The van der Waals surface area contributed by atoms with Crippen LogP contribution in [0.2, 0.25) is 10.0 Å². The molecule has 0 aliphatic heterocycles. The zero-order chi connectivity index (χ0) is 28.7. The molecule has 0 unspecified atom stereocenters. The fourth-order valence-electron chi connectivity index (χ4n) is 3.43. The van der Waals surface area contributed by atoms with Crippen LogP contribution in [0.5, 0.6) is 5.75 Å². The summed E-state index contributed by atoms with van der Waals surface area (Å²) in [4.78, 5) is 37.7. The van der Waals surface area contributed by atoms with Gasteiger partial charge in [0.1, 0.15) is 29.4 Å². The average molecular weight is 639 g/mol. The van der Waals surface area contributed by atoms with E-state index in [2.05, 4.69) is 33.0 Å². The second kappa shape index (κ2) is 13.3. The summed E-state index contributed by atoms with van der Waals surface area (Å²) in [6, 6.07) is 9.60. The number of guanidine groups is 1. The van der Waals surface area contributed by atoms with E-state index in [1.165, 1.54) is 19.1 Å². The molecule has 1 heterocycles. The molecule has 0 bridgehead atoms. The maximum absolute atomic E-state index is 13.8. The van der Waals surface area contributed by atoms with Crippen LogP contribution >= 0.6 is 39.1 Å².